The van der Waals surface area contributed by atoms with Crippen molar-refractivity contribution < 1.29 is 22.7 Å². The van der Waals surface area contributed by atoms with Crippen molar-refractivity contribution in [3.05, 3.63) is 88.1 Å². The summed E-state index contributed by atoms with van der Waals surface area (Å²) >= 11 is 1.54. The normalized spacial score (nSPS) is 11.8. The van der Waals surface area contributed by atoms with Gasteiger partial charge >= 0.3 is 12.1 Å². The molecule has 4 aromatic rings. The molecule has 7 heteroatoms. The van der Waals surface area contributed by atoms with Gasteiger partial charge in [0.25, 0.3) is 0 Å². The molecule has 0 fully saturated rings. The van der Waals surface area contributed by atoms with Gasteiger partial charge in [-0.15, -0.1) is 11.3 Å². The van der Waals surface area contributed by atoms with Gasteiger partial charge in [0.1, 0.15) is 0 Å². The average molecular weight is 443 g/mol. The van der Waals surface area contributed by atoms with Gasteiger partial charge in [0, 0.05) is 23.7 Å². The van der Waals surface area contributed by atoms with E-state index in [1.54, 1.807) is 30.5 Å². The van der Waals surface area contributed by atoms with Gasteiger partial charge in [-0.25, -0.2) is 4.79 Å². The lowest BCUT2D eigenvalue weighted by Crippen LogP contribution is -2.05. The van der Waals surface area contributed by atoms with E-state index in [1.807, 2.05) is 42.0 Å². The van der Waals surface area contributed by atoms with Crippen LogP contribution >= 0.6 is 11.3 Å². The molecule has 0 N–H and O–H groups in total. The van der Waals surface area contributed by atoms with Crippen molar-refractivity contribution in [2.75, 3.05) is 6.61 Å². The third kappa shape index (κ3) is 4.37. The lowest BCUT2D eigenvalue weighted by molar-refractivity contribution is -0.137. The number of esters is 1. The van der Waals surface area contributed by atoms with Crippen molar-refractivity contribution in [3.63, 3.8) is 0 Å². The Kier molecular flexibility index (Phi) is 5.62. The summed E-state index contributed by atoms with van der Waals surface area (Å²) in [5.74, 6) is -0.359. The third-order valence-corrected chi connectivity index (χ3v) is 6.18. The number of rotatable bonds is 5. The quantitative estimate of drug-likeness (QED) is 0.318. The molecule has 2 heterocycles. The first-order chi connectivity index (χ1) is 14.8. The second-order valence-corrected chi connectivity index (χ2v) is 8.40. The molecule has 0 aliphatic heterocycles. The molecule has 0 atom stereocenters. The Morgan fingerprint density at radius 1 is 1.10 bits per heavy atom. The molecule has 160 valence electrons. The number of aryl methyl sites for hydroxylation is 1. The molecule has 0 amide bonds. The van der Waals surface area contributed by atoms with Crippen LogP contribution in [-0.2, 0) is 17.3 Å². The average Bonchev–Trinajstić information content (AvgIpc) is 3.30. The molecule has 0 aliphatic carbocycles. The highest BCUT2D eigenvalue weighted by molar-refractivity contribution is 7.19. The van der Waals surface area contributed by atoms with Gasteiger partial charge in [-0.3, -0.25) is 0 Å². The van der Waals surface area contributed by atoms with Crippen LogP contribution in [0.25, 0.3) is 15.8 Å². The Labute approximate surface area is 181 Å². The molecule has 0 unspecified atom stereocenters. The molecular weight excluding hydrogens is 423 g/mol. The van der Waals surface area contributed by atoms with Gasteiger partial charge in [-0.2, -0.15) is 13.2 Å². The summed E-state index contributed by atoms with van der Waals surface area (Å²) in [6, 6.07) is 13.3. The van der Waals surface area contributed by atoms with Crippen molar-refractivity contribution >= 4 is 27.4 Å². The molecule has 3 nitrogen and oxygen atoms in total. The van der Waals surface area contributed by atoms with E-state index in [0.29, 0.717) is 24.2 Å². The number of carbonyl (C=O) groups is 1. The highest BCUT2D eigenvalue weighted by Crippen LogP contribution is 2.34. The van der Waals surface area contributed by atoms with E-state index >= 15 is 0 Å². The first kappa shape index (κ1) is 21.2. The van der Waals surface area contributed by atoms with Gasteiger partial charge < -0.3 is 9.30 Å². The number of hydrogen-bond donors (Lipinski definition) is 0. The number of halogens is 3. The standard InChI is InChI=1S/C24H20F3NO2S/c1-3-30-23(29)20-14-28(13-15(20)2)21-9-5-7-17-12-19(31-22(17)21)11-16-6-4-8-18(10-16)24(25,26)27/h4-10,12-14H,3,11H2,1-2H3. The van der Waals surface area contributed by atoms with Crippen LogP contribution in [0.2, 0.25) is 0 Å². The van der Waals surface area contributed by atoms with Gasteiger partial charge in [-0.05, 0) is 48.6 Å². The molecule has 0 aliphatic rings. The van der Waals surface area contributed by atoms with Crippen molar-refractivity contribution in [1.82, 2.24) is 4.57 Å². The fraction of sp³-hybridized carbons (Fsp3) is 0.208. The summed E-state index contributed by atoms with van der Waals surface area (Å²) < 4.78 is 47.1. The van der Waals surface area contributed by atoms with Crippen molar-refractivity contribution in [3.8, 4) is 5.69 Å². The fourth-order valence-corrected chi connectivity index (χ4v) is 4.78. The Hall–Kier alpha value is -3.06. The highest BCUT2D eigenvalue weighted by Gasteiger charge is 2.30. The molecule has 0 spiro atoms. The first-order valence-corrected chi connectivity index (χ1v) is 10.6. The van der Waals surface area contributed by atoms with Gasteiger partial charge in [-0.1, -0.05) is 30.3 Å². The van der Waals surface area contributed by atoms with Crippen LogP contribution in [0.3, 0.4) is 0 Å². The minimum Gasteiger partial charge on any atom is -0.462 e. The van der Waals surface area contributed by atoms with Gasteiger partial charge in [0.2, 0.25) is 0 Å². The Morgan fingerprint density at radius 2 is 1.87 bits per heavy atom. The fourth-order valence-electron chi connectivity index (χ4n) is 3.57. The van der Waals surface area contributed by atoms with Crippen LogP contribution in [0.1, 0.15) is 38.8 Å². The molecule has 0 bridgehead atoms. The van der Waals surface area contributed by atoms with Crippen molar-refractivity contribution in [1.29, 1.82) is 0 Å². The van der Waals surface area contributed by atoms with E-state index in [9.17, 15) is 18.0 Å². The SMILES string of the molecule is CCOC(=O)c1cn(-c2cccc3cc(Cc4cccc(C(F)(F)F)c4)sc23)cc1C. The van der Waals surface area contributed by atoms with E-state index in [-0.39, 0.29) is 5.97 Å². The van der Waals surface area contributed by atoms with Crippen LogP contribution in [0.15, 0.2) is 60.9 Å². The van der Waals surface area contributed by atoms with E-state index in [4.69, 9.17) is 4.74 Å². The summed E-state index contributed by atoms with van der Waals surface area (Å²) in [7, 11) is 0. The lowest BCUT2D eigenvalue weighted by atomic mass is 10.1. The Balaban J connectivity index is 1.69. The van der Waals surface area contributed by atoms with Crippen molar-refractivity contribution in [2.24, 2.45) is 0 Å². The number of aromatic nitrogens is 1. The summed E-state index contributed by atoms with van der Waals surface area (Å²) in [6.45, 7) is 3.93. The van der Waals surface area contributed by atoms with Crippen LogP contribution in [0, 0.1) is 6.92 Å². The number of thiophene rings is 1. The van der Waals surface area contributed by atoms with Crippen LogP contribution in [0.5, 0.6) is 0 Å². The van der Waals surface area contributed by atoms with Crippen LogP contribution in [0.4, 0.5) is 13.2 Å². The smallest absolute Gasteiger partial charge is 0.416 e. The molecule has 0 saturated carbocycles. The van der Waals surface area contributed by atoms with Crippen molar-refractivity contribution in [2.45, 2.75) is 26.4 Å². The predicted molar refractivity (Wildman–Crippen MR) is 116 cm³/mol. The zero-order valence-corrected chi connectivity index (χ0v) is 17.8. The Bertz CT molecular complexity index is 1250. The number of benzene rings is 2. The van der Waals surface area contributed by atoms with Gasteiger partial charge in [0.15, 0.2) is 0 Å². The minimum absolute atomic E-state index is 0.308. The number of fused-ring (bicyclic) bond motifs is 1. The van der Waals surface area contributed by atoms with E-state index < -0.39 is 11.7 Å². The summed E-state index contributed by atoms with van der Waals surface area (Å²) in [5, 5.41) is 1.01. The van der Waals surface area contributed by atoms with Gasteiger partial charge in [0.05, 0.1) is 28.1 Å². The molecule has 4 rings (SSSR count). The minimum atomic E-state index is -4.35. The summed E-state index contributed by atoms with van der Waals surface area (Å²) in [6.07, 6.45) is -0.296. The van der Waals surface area contributed by atoms with E-state index in [1.165, 1.54) is 12.1 Å². The van der Waals surface area contributed by atoms with E-state index in [0.717, 1.165) is 32.3 Å². The molecule has 2 aromatic carbocycles. The number of hydrogen-bond acceptors (Lipinski definition) is 3. The molecule has 0 radical (unpaired) electrons. The summed E-state index contributed by atoms with van der Waals surface area (Å²) in [5.41, 5.74) is 2.22. The third-order valence-electron chi connectivity index (χ3n) is 5.01. The maximum absolute atomic E-state index is 13.0. The van der Waals surface area contributed by atoms with Crippen LogP contribution < -0.4 is 0 Å². The second kappa shape index (κ2) is 8.23. The topological polar surface area (TPSA) is 31.2 Å². The summed E-state index contributed by atoms with van der Waals surface area (Å²) in [4.78, 5) is 13.1. The zero-order chi connectivity index (χ0) is 22.2. The highest BCUT2D eigenvalue weighted by atomic mass is 32.1. The maximum atomic E-state index is 13.0. The molecule has 31 heavy (non-hydrogen) atoms. The number of carbonyl (C=O) groups excluding carboxylic acids is 1. The first-order valence-electron chi connectivity index (χ1n) is 9.80. The Morgan fingerprint density at radius 3 is 2.61 bits per heavy atom. The number of nitrogens with zero attached hydrogens (tertiary/aromatic N) is 1. The van der Waals surface area contributed by atoms with E-state index in [2.05, 4.69) is 0 Å². The maximum Gasteiger partial charge on any atom is 0.416 e. The largest absolute Gasteiger partial charge is 0.462 e. The molecule has 0 saturated heterocycles. The molecule has 2 aromatic heterocycles. The second-order valence-electron chi connectivity index (χ2n) is 7.27. The monoisotopic (exact) mass is 443 g/mol. The lowest BCUT2D eigenvalue weighted by Gasteiger charge is -2.08. The zero-order valence-electron chi connectivity index (χ0n) is 17.0. The number of ether oxygens (including phenoxy) is 1. The number of alkyl halides is 3. The predicted octanol–water partition coefficient (Wildman–Crippen LogP) is 6.79. The van der Waals surface area contributed by atoms with Crippen LogP contribution in [-0.4, -0.2) is 17.1 Å². The molecular formula is C24H20F3NO2S.